The van der Waals surface area contributed by atoms with Gasteiger partial charge in [-0.15, -0.1) is 0 Å². The number of aliphatic carboxylic acids is 1. The Labute approximate surface area is 154 Å². The second-order valence-electron chi connectivity index (χ2n) is 6.92. The second kappa shape index (κ2) is 8.81. The van der Waals surface area contributed by atoms with Crippen LogP contribution in [0.5, 0.6) is 0 Å². The average molecular weight is 364 g/mol. The molecule has 7 nitrogen and oxygen atoms in total. The number of hydrogen-bond donors (Lipinski definition) is 2. The molecule has 0 radical (unpaired) electrons. The third-order valence-corrected chi connectivity index (χ3v) is 5.09. The highest BCUT2D eigenvalue weighted by Gasteiger charge is 2.40. The highest BCUT2D eigenvalue weighted by Crippen LogP contribution is 2.30. The van der Waals surface area contributed by atoms with Crippen LogP contribution in [0.15, 0.2) is 24.3 Å². The van der Waals surface area contributed by atoms with E-state index in [2.05, 4.69) is 34.5 Å². The van der Waals surface area contributed by atoms with Gasteiger partial charge >= 0.3 is 5.97 Å². The summed E-state index contributed by atoms with van der Waals surface area (Å²) in [6, 6.07) is 7.62. The van der Waals surface area contributed by atoms with E-state index in [1.54, 1.807) is 7.05 Å². The Kier molecular flexibility index (Phi) is 6.48. The molecule has 7 heteroatoms. The molecule has 0 saturated carbocycles. The first kappa shape index (κ1) is 19.1. The van der Waals surface area contributed by atoms with Crippen molar-refractivity contribution < 1.29 is 24.1 Å². The highest BCUT2D eigenvalue weighted by atomic mass is 16.7. The van der Waals surface area contributed by atoms with Crippen LogP contribution in [-0.2, 0) is 25.6 Å². The van der Waals surface area contributed by atoms with Gasteiger partial charge in [-0.3, -0.25) is 4.79 Å². The molecule has 1 aromatic carbocycles. The zero-order chi connectivity index (χ0) is 18.5. The molecule has 0 spiro atoms. The highest BCUT2D eigenvalue weighted by molar-refractivity contribution is 5.74. The Balaban J connectivity index is 1.50. The first-order valence-corrected chi connectivity index (χ1v) is 9.17. The van der Waals surface area contributed by atoms with E-state index in [9.17, 15) is 9.90 Å². The number of likely N-dealkylation sites (N-methyl/N-ethyl adjacent to an activating group) is 1. The molecule has 2 aliphatic heterocycles. The molecule has 0 aliphatic carbocycles. The van der Waals surface area contributed by atoms with Gasteiger partial charge in [0.2, 0.25) is 0 Å². The van der Waals surface area contributed by atoms with Gasteiger partial charge in [-0.2, -0.15) is 0 Å². The van der Waals surface area contributed by atoms with Gasteiger partial charge in [-0.05, 0) is 30.7 Å². The van der Waals surface area contributed by atoms with Crippen molar-refractivity contribution in [3.63, 3.8) is 0 Å². The Hall–Kier alpha value is -1.67. The summed E-state index contributed by atoms with van der Waals surface area (Å²) in [5.41, 5.74) is 2.27. The molecule has 0 amide bonds. The van der Waals surface area contributed by atoms with Gasteiger partial charge in [-0.1, -0.05) is 19.1 Å². The summed E-state index contributed by atoms with van der Waals surface area (Å²) in [6.07, 6.45) is -0.0579. The van der Waals surface area contributed by atoms with E-state index in [-0.39, 0.29) is 18.3 Å². The van der Waals surface area contributed by atoms with Crippen molar-refractivity contribution in [3.05, 3.63) is 29.8 Å². The van der Waals surface area contributed by atoms with E-state index in [0.29, 0.717) is 13.0 Å². The largest absolute Gasteiger partial charge is 0.480 e. The van der Waals surface area contributed by atoms with Crippen LogP contribution in [0.1, 0.15) is 18.9 Å². The van der Waals surface area contributed by atoms with Gasteiger partial charge in [0.05, 0.1) is 25.9 Å². The summed E-state index contributed by atoms with van der Waals surface area (Å²) in [4.78, 5) is 13.6. The molecule has 2 unspecified atom stereocenters. The van der Waals surface area contributed by atoms with E-state index >= 15 is 0 Å². The molecular formula is C19H28N2O5. The van der Waals surface area contributed by atoms with Crippen molar-refractivity contribution in [3.8, 4) is 0 Å². The van der Waals surface area contributed by atoms with E-state index in [1.807, 2.05) is 6.92 Å². The molecular weight excluding hydrogens is 336 g/mol. The van der Waals surface area contributed by atoms with Crippen LogP contribution in [0, 0.1) is 5.92 Å². The van der Waals surface area contributed by atoms with Crippen LogP contribution in [0.2, 0.25) is 0 Å². The van der Waals surface area contributed by atoms with Crippen LogP contribution < -0.4 is 10.2 Å². The molecule has 144 valence electrons. The smallest absolute Gasteiger partial charge is 0.323 e. The maximum atomic E-state index is 11.3. The average Bonchev–Trinajstić information content (AvgIpc) is 3.02. The number of anilines is 1. The van der Waals surface area contributed by atoms with Gasteiger partial charge in [0, 0.05) is 25.2 Å². The minimum absolute atomic E-state index is 0.122. The lowest BCUT2D eigenvalue weighted by Gasteiger charge is -2.29. The molecule has 0 aromatic heterocycles. The molecule has 0 bridgehead atoms. The maximum Gasteiger partial charge on any atom is 0.323 e. The van der Waals surface area contributed by atoms with E-state index in [0.717, 1.165) is 31.9 Å². The van der Waals surface area contributed by atoms with E-state index in [1.165, 1.54) is 5.69 Å². The van der Waals surface area contributed by atoms with Crippen molar-refractivity contribution in [1.29, 1.82) is 0 Å². The SMILES string of the molecule is CNC(C(=O)O)[C@@H]1OC(OCc2ccc(N3CCOCC3)cc2)C[C@H]1C. The molecule has 2 fully saturated rings. The summed E-state index contributed by atoms with van der Waals surface area (Å²) < 4.78 is 17.1. The fourth-order valence-corrected chi connectivity index (χ4v) is 3.56. The summed E-state index contributed by atoms with van der Waals surface area (Å²) in [5.74, 6) is -0.777. The zero-order valence-electron chi connectivity index (χ0n) is 15.4. The molecule has 2 N–H and O–H groups in total. The molecule has 4 atom stereocenters. The number of nitrogens with one attached hydrogen (secondary N) is 1. The number of nitrogens with zero attached hydrogens (tertiary/aromatic N) is 1. The Morgan fingerprint density at radius 2 is 2.04 bits per heavy atom. The molecule has 3 rings (SSSR count). The first-order valence-electron chi connectivity index (χ1n) is 9.17. The lowest BCUT2D eigenvalue weighted by Crippen LogP contribution is -2.46. The van der Waals surface area contributed by atoms with Crippen LogP contribution in [0.25, 0.3) is 0 Å². The third-order valence-electron chi connectivity index (χ3n) is 5.09. The lowest BCUT2D eigenvalue weighted by molar-refractivity contribution is -0.160. The lowest BCUT2D eigenvalue weighted by atomic mass is 9.97. The monoisotopic (exact) mass is 364 g/mol. The van der Waals surface area contributed by atoms with Crippen LogP contribution in [0.3, 0.4) is 0 Å². The molecule has 2 saturated heterocycles. The van der Waals surface area contributed by atoms with Gasteiger partial charge < -0.3 is 29.5 Å². The quantitative estimate of drug-likeness (QED) is 0.758. The van der Waals surface area contributed by atoms with Crippen molar-refractivity contribution in [2.45, 2.75) is 38.4 Å². The number of morpholine rings is 1. The van der Waals surface area contributed by atoms with Crippen LogP contribution in [-0.4, -0.2) is 62.9 Å². The number of hydrogen-bond acceptors (Lipinski definition) is 6. The predicted molar refractivity (Wildman–Crippen MR) is 97.2 cm³/mol. The number of rotatable bonds is 7. The molecule has 2 heterocycles. The minimum Gasteiger partial charge on any atom is -0.480 e. The Morgan fingerprint density at radius 3 is 2.65 bits per heavy atom. The van der Waals surface area contributed by atoms with Crippen LogP contribution in [0.4, 0.5) is 5.69 Å². The third kappa shape index (κ3) is 4.54. The summed E-state index contributed by atoms with van der Waals surface area (Å²) in [6.45, 7) is 5.83. The van der Waals surface area contributed by atoms with E-state index in [4.69, 9.17) is 14.2 Å². The van der Waals surface area contributed by atoms with Crippen molar-refractivity contribution in [2.24, 2.45) is 5.92 Å². The van der Waals surface area contributed by atoms with Crippen molar-refractivity contribution in [1.82, 2.24) is 5.32 Å². The zero-order valence-corrected chi connectivity index (χ0v) is 15.4. The number of carboxylic acids is 1. The number of carboxylic acid groups (broad SMARTS) is 1. The standard InChI is InChI=1S/C19H28N2O5/c1-13-11-16(26-18(13)17(20-2)19(22)23)25-12-14-3-5-15(6-4-14)21-7-9-24-10-8-21/h3-6,13,16-18,20H,7-12H2,1-2H3,(H,22,23)/t13-,16?,17?,18-/m1/s1. The van der Waals surface area contributed by atoms with Gasteiger partial charge in [0.1, 0.15) is 6.04 Å². The fraction of sp³-hybridized carbons (Fsp3) is 0.632. The van der Waals surface area contributed by atoms with Crippen LogP contribution >= 0.6 is 0 Å². The Morgan fingerprint density at radius 1 is 1.35 bits per heavy atom. The van der Waals surface area contributed by atoms with Gasteiger partial charge in [-0.25, -0.2) is 0 Å². The van der Waals surface area contributed by atoms with E-state index < -0.39 is 12.0 Å². The normalized spacial score (nSPS) is 27.5. The Bertz CT molecular complexity index is 588. The summed E-state index contributed by atoms with van der Waals surface area (Å²) in [5, 5.41) is 12.1. The molecule has 1 aromatic rings. The molecule has 26 heavy (non-hydrogen) atoms. The predicted octanol–water partition coefficient (Wildman–Crippen LogP) is 1.46. The maximum absolute atomic E-state index is 11.3. The first-order chi connectivity index (χ1) is 12.6. The number of benzene rings is 1. The second-order valence-corrected chi connectivity index (χ2v) is 6.92. The minimum atomic E-state index is -0.899. The number of ether oxygens (including phenoxy) is 3. The molecule has 2 aliphatic rings. The topological polar surface area (TPSA) is 80.3 Å². The van der Waals surface area contributed by atoms with Gasteiger partial charge in [0.25, 0.3) is 0 Å². The summed E-state index contributed by atoms with van der Waals surface area (Å²) in [7, 11) is 1.64. The van der Waals surface area contributed by atoms with Gasteiger partial charge in [0.15, 0.2) is 6.29 Å². The van der Waals surface area contributed by atoms with Crippen molar-refractivity contribution in [2.75, 3.05) is 38.3 Å². The van der Waals surface area contributed by atoms with Crippen molar-refractivity contribution >= 4 is 11.7 Å². The fourth-order valence-electron chi connectivity index (χ4n) is 3.56. The summed E-state index contributed by atoms with van der Waals surface area (Å²) >= 11 is 0. The number of carbonyl (C=O) groups is 1.